The molecule has 1 aliphatic rings. The lowest BCUT2D eigenvalue weighted by Gasteiger charge is -2.23. The standard InChI is InChI=1S/C14H17N3O3S/c1-17(2)13(19)8-15-12(18)7-11-14(20)16-9-5-3-4-6-10(9)21-11/h3-6,11H,7-8H2,1-2H3,(H,15,18)(H,16,20)/t11-/m0/s1. The molecule has 0 saturated carbocycles. The molecule has 1 aromatic rings. The monoisotopic (exact) mass is 307 g/mol. The lowest BCUT2D eigenvalue weighted by Crippen LogP contribution is -2.39. The molecule has 112 valence electrons. The van der Waals surface area contributed by atoms with Gasteiger partial charge in [0.25, 0.3) is 0 Å². The number of carbonyl (C=O) groups excluding carboxylic acids is 3. The summed E-state index contributed by atoms with van der Waals surface area (Å²) in [5.74, 6) is -0.681. The van der Waals surface area contributed by atoms with Crippen molar-refractivity contribution in [3.8, 4) is 0 Å². The molecule has 21 heavy (non-hydrogen) atoms. The highest BCUT2D eigenvalue weighted by atomic mass is 32.2. The Kier molecular flexibility index (Phi) is 4.85. The van der Waals surface area contributed by atoms with Crippen molar-refractivity contribution in [2.75, 3.05) is 26.0 Å². The van der Waals surface area contributed by atoms with E-state index in [9.17, 15) is 14.4 Å². The molecule has 0 radical (unpaired) electrons. The Balaban J connectivity index is 1.90. The maximum atomic E-state index is 12.0. The van der Waals surface area contributed by atoms with Crippen LogP contribution in [0.5, 0.6) is 0 Å². The third-order valence-corrected chi connectivity index (χ3v) is 4.29. The van der Waals surface area contributed by atoms with E-state index in [4.69, 9.17) is 0 Å². The average Bonchev–Trinajstić information content (AvgIpc) is 2.45. The number of fused-ring (bicyclic) bond motifs is 1. The molecule has 0 aliphatic carbocycles. The second kappa shape index (κ2) is 6.62. The third kappa shape index (κ3) is 3.98. The van der Waals surface area contributed by atoms with Gasteiger partial charge < -0.3 is 15.5 Å². The molecular weight excluding hydrogens is 290 g/mol. The van der Waals surface area contributed by atoms with E-state index in [-0.39, 0.29) is 30.7 Å². The molecule has 0 unspecified atom stereocenters. The predicted molar refractivity (Wildman–Crippen MR) is 81.0 cm³/mol. The van der Waals surface area contributed by atoms with Crippen LogP contribution < -0.4 is 10.6 Å². The van der Waals surface area contributed by atoms with Gasteiger partial charge in [-0.3, -0.25) is 14.4 Å². The van der Waals surface area contributed by atoms with Gasteiger partial charge in [0.1, 0.15) is 0 Å². The summed E-state index contributed by atoms with van der Waals surface area (Å²) in [6.07, 6.45) is 0.0472. The summed E-state index contributed by atoms with van der Waals surface area (Å²) in [5.41, 5.74) is 0.770. The van der Waals surface area contributed by atoms with Gasteiger partial charge in [0.15, 0.2) is 0 Å². The number of thioether (sulfide) groups is 1. The number of hydrogen-bond acceptors (Lipinski definition) is 4. The summed E-state index contributed by atoms with van der Waals surface area (Å²) >= 11 is 1.37. The van der Waals surface area contributed by atoms with E-state index in [1.54, 1.807) is 14.1 Å². The molecule has 7 heteroatoms. The Morgan fingerprint density at radius 1 is 1.33 bits per heavy atom. The normalized spacial score (nSPS) is 16.7. The molecule has 0 fully saturated rings. The second-order valence-electron chi connectivity index (χ2n) is 4.86. The molecule has 0 bridgehead atoms. The molecule has 0 aromatic heterocycles. The first-order valence-corrected chi connectivity index (χ1v) is 7.38. The Morgan fingerprint density at radius 3 is 2.76 bits per heavy atom. The van der Waals surface area contributed by atoms with Gasteiger partial charge in [-0.15, -0.1) is 11.8 Å². The quantitative estimate of drug-likeness (QED) is 0.858. The maximum Gasteiger partial charge on any atom is 0.241 e. The summed E-state index contributed by atoms with van der Waals surface area (Å²) in [6, 6.07) is 7.46. The van der Waals surface area contributed by atoms with E-state index in [1.165, 1.54) is 16.7 Å². The van der Waals surface area contributed by atoms with Crippen LogP contribution >= 0.6 is 11.8 Å². The Morgan fingerprint density at radius 2 is 2.05 bits per heavy atom. The van der Waals surface area contributed by atoms with Gasteiger partial charge in [0.05, 0.1) is 17.5 Å². The Bertz CT molecular complexity index is 574. The van der Waals surface area contributed by atoms with Crippen molar-refractivity contribution >= 4 is 35.2 Å². The van der Waals surface area contributed by atoms with Crippen LogP contribution in [0.15, 0.2) is 29.2 Å². The van der Waals surface area contributed by atoms with E-state index in [1.807, 2.05) is 24.3 Å². The van der Waals surface area contributed by atoms with Crippen LogP contribution in [0.4, 0.5) is 5.69 Å². The molecule has 1 atom stereocenters. The Hall–Kier alpha value is -2.02. The van der Waals surface area contributed by atoms with Crippen molar-refractivity contribution in [1.82, 2.24) is 10.2 Å². The number of anilines is 1. The van der Waals surface area contributed by atoms with Crippen LogP contribution in [0.2, 0.25) is 0 Å². The number of hydrogen-bond donors (Lipinski definition) is 2. The molecular formula is C14H17N3O3S. The fraction of sp³-hybridized carbons (Fsp3) is 0.357. The van der Waals surface area contributed by atoms with Crippen molar-refractivity contribution in [3.63, 3.8) is 0 Å². The zero-order valence-corrected chi connectivity index (χ0v) is 12.7. The number of nitrogens with zero attached hydrogens (tertiary/aromatic N) is 1. The van der Waals surface area contributed by atoms with Crippen molar-refractivity contribution < 1.29 is 14.4 Å². The fourth-order valence-electron chi connectivity index (χ4n) is 1.80. The van der Waals surface area contributed by atoms with E-state index in [2.05, 4.69) is 10.6 Å². The van der Waals surface area contributed by atoms with Gasteiger partial charge in [-0.05, 0) is 12.1 Å². The van der Waals surface area contributed by atoms with Crippen LogP contribution in [-0.2, 0) is 14.4 Å². The summed E-state index contributed by atoms with van der Waals surface area (Å²) in [6.45, 7) is -0.0541. The fourth-order valence-corrected chi connectivity index (χ4v) is 2.91. The maximum absolute atomic E-state index is 12.0. The minimum Gasteiger partial charge on any atom is -0.347 e. The van der Waals surface area contributed by atoms with Crippen molar-refractivity contribution in [2.45, 2.75) is 16.6 Å². The van der Waals surface area contributed by atoms with Crippen molar-refractivity contribution in [1.29, 1.82) is 0 Å². The van der Waals surface area contributed by atoms with Gasteiger partial charge in [-0.2, -0.15) is 0 Å². The summed E-state index contributed by atoms with van der Waals surface area (Å²) < 4.78 is 0. The number of para-hydroxylation sites is 1. The Labute approximate surface area is 127 Å². The molecule has 3 amide bonds. The minimum atomic E-state index is -0.477. The zero-order valence-electron chi connectivity index (χ0n) is 11.9. The van der Waals surface area contributed by atoms with Crippen LogP contribution in [0, 0.1) is 0 Å². The number of rotatable bonds is 4. The molecule has 1 heterocycles. The highest BCUT2D eigenvalue weighted by Crippen LogP contribution is 2.36. The SMILES string of the molecule is CN(C)C(=O)CNC(=O)C[C@@H]1Sc2ccccc2NC1=O. The number of amides is 3. The molecule has 2 N–H and O–H groups in total. The lowest BCUT2D eigenvalue weighted by atomic mass is 10.2. The first kappa shape index (κ1) is 15.4. The molecule has 2 rings (SSSR count). The van der Waals surface area contributed by atoms with E-state index in [0.717, 1.165) is 10.6 Å². The summed E-state index contributed by atoms with van der Waals surface area (Å²) in [5, 5.41) is 4.84. The first-order valence-electron chi connectivity index (χ1n) is 6.51. The van der Waals surface area contributed by atoms with Gasteiger partial charge in [0.2, 0.25) is 17.7 Å². The van der Waals surface area contributed by atoms with Crippen LogP contribution in [0.25, 0.3) is 0 Å². The lowest BCUT2D eigenvalue weighted by molar-refractivity contribution is -0.131. The second-order valence-corrected chi connectivity index (χ2v) is 6.11. The molecule has 1 aliphatic heterocycles. The number of carbonyl (C=O) groups is 3. The van der Waals surface area contributed by atoms with E-state index in [0.29, 0.717) is 0 Å². The highest BCUT2D eigenvalue weighted by Gasteiger charge is 2.28. The molecule has 1 aromatic carbocycles. The average molecular weight is 307 g/mol. The number of benzene rings is 1. The number of likely N-dealkylation sites (N-methyl/N-ethyl adjacent to an activating group) is 1. The molecule has 0 spiro atoms. The molecule has 0 saturated heterocycles. The van der Waals surface area contributed by atoms with Gasteiger partial charge in [-0.1, -0.05) is 12.1 Å². The van der Waals surface area contributed by atoms with Gasteiger partial charge in [0, 0.05) is 25.4 Å². The minimum absolute atomic E-state index is 0.0472. The van der Waals surface area contributed by atoms with Crippen molar-refractivity contribution in [2.24, 2.45) is 0 Å². The summed E-state index contributed by atoms with van der Waals surface area (Å²) in [4.78, 5) is 37.5. The van der Waals surface area contributed by atoms with Gasteiger partial charge in [-0.25, -0.2) is 0 Å². The van der Waals surface area contributed by atoms with Crippen LogP contribution in [0.3, 0.4) is 0 Å². The topological polar surface area (TPSA) is 78.5 Å². The summed E-state index contributed by atoms with van der Waals surface area (Å²) in [7, 11) is 3.24. The number of nitrogens with one attached hydrogen (secondary N) is 2. The van der Waals surface area contributed by atoms with Crippen molar-refractivity contribution in [3.05, 3.63) is 24.3 Å². The third-order valence-electron chi connectivity index (χ3n) is 3.01. The predicted octanol–water partition coefficient (Wildman–Crippen LogP) is 0.694. The highest BCUT2D eigenvalue weighted by molar-refractivity contribution is 8.01. The smallest absolute Gasteiger partial charge is 0.241 e. The zero-order chi connectivity index (χ0) is 15.4. The molecule has 6 nitrogen and oxygen atoms in total. The van der Waals surface area contributed by atoms with E-state index >= 15 is 0 Å². The van der Waals surface area contributed by atoms with Crippen LogP contribution in [0.1, 0.15) is 6.42 Å². The largest absolute Gasteiger partial charge is 0.347 e. The van der Waals surface area contributed by atoms with Gasteiger partial charge >= 0.3 is 0 Å². The van der Waals surface area contributed by atoms with Crippen LogP contribution in [-0.4, -0.2) is 48.5 Å². The first-order chi connectivity index (χ1) is 9.97. The van der Waals surface area contributed by atoms with E-state index < -0.39 is 5.25 Å².